The standard InChI is InChI=1S/C13H18FN/c14-13-4-2-1-3-12(13)11-6-5-10(9-11)7-8-15/h1-4,10-11H,5-9,15H2. The van der Waals surface area contributed by atoms with Crippen molar-refractivity contribution in [1.82, 2.24) is 0 Å². The predicted octanol–water partition coefficient (Wildman–Crippen LogP) is 3.06. The summed E-state index contributed by atoms with van der Waals surface area (Å²) in [5.41, 5.74) is 6.45. The molecule has 1 saturated carbocycles. The van der Waals surface area contributed by atoms with Crippen molar-refractivity contribution < 1.29 is 4.39 Å². The molecule has 0 amide bonds. The van der Waals surface area contributed by atoms with Crippen LogP contribution in [0.4, 0.5) is 4.39 Å². The molecule has 82 valence electrons. The van der Waals surface area contributed by atoms with E-state index in [0.29, 0.717) is 11.8 Å². The fourth-order valence-electron chi connectivity index (χ4n) is 2.66. The van der Waals surface area contributed by atoms with Gasteiger partial charge in [0, 0.05) is 0 Å². The van der Waals surface area contributed by atoms with Crippen molar-refractivity contribution in [1.29, 1.82) is 0 Å². The van der Waals surface area contributed by atoms with Crippen LogP contribution in [0.15, 0.2) is 24.3 Å². The molecule has 2 heteroatoms. The highest BCUT2D eigenvalue weighted by Crippen LogP contribution is 2.40. The van der Waals surface area contributed by atoms with Gasteiger partial charge in [-0.3, -0.25) is 0 Å². The van der Waals surface area contributed by atoms with Gasteiger partial charge in [-0.05, 0) is 55.7 Å². The van der Waals surface area contributed by atoms with Gasteiger partial charge in [-0.25, -0.2) is 4.39 Å². The van der Waals surface area contributed by atoms with E-state index < -0.39 is 0 Å². The SMILES string of the molecule is NCCC1CCC(c2ccccc2F)C1. The predicted molar refractivity (Wildman–Crippen MR) is 60.2 cm³/mol. The van der Waals surface area contributed by atoms with Gasteiger partial charge in [0.25, 0.3) is 0 Å². The lowest BCUT2D eigenvalue weighted by atomic mass is 9.95. The van der Waals surface area contributed by atoms with Crippen molar-refractivity contribution in [3.63, 3.8) is 0 Å². The first-order valence-corrected chi connectivity index (χ1v) is 5.75. The van der Waals surface area contributed by atoms with E-state index in [4.69, 9.17) is 5.73 Å². The Labute approximate surface area is 90.5 Å². The molecule has 1 aliphatic rings. The summed E-state index contributed by atoms with van der Waals surface area (Å²) in [5.74, 6) is 1.08. The highest BCUT2D eigenvalue weighted by Gasteiger charge is 2.26. The number of hydrogen-bond donors (Lipinski definition) is 1. The lowest BCUT2D eigenvalue weighted by Crippen LogP contribution is -2.06. The summed E-state index contributed by atoms with van der Waals surface area (Å²) in [7, 11) is 0. The molecule has 1 aromatic carbocycles. The zero-order valence-electron chi connectivity index (χ0n) is 8.95. The summed E-state index contributed by atoms with van der Waals surface area (Å²) in [4.78, 5) is 0. The summed E-state index contributed by atoms with van der Waals surface area (Å²) in [6.07, 6.45) is 4.52. The molecular weight excluding hydrogens is 189 g/mol. The number of halogens is 1. The first-order chi connectivity index (χ1) is 7.31. The molecular formula is C13H18FN. The van der Waals surface area contributed by atoms with Crippen molar-refractivity contribution in [2.24, 2.45) is 11.7 Å². The van der Waals surface area contributed by atoms with Gasteiger partial charge in [-0.15, -0.1) is 0 Å². The molecule has 0 bridgehead atoms. The molecule has 1 aliphatic carbocycles. The van der Waals surface area contributed by atoms with Gasteiger partial charge < -0.3 is 5.73 Å². The molecule has 1 fully saturated rings. The summed E-state index contributed by atoms with van der Waals surface area (Å²) < 4.78 is 13.5. The second-order valence-corrected chi connectivity index (χ2v) is 4.47. The molecule has 0 heterocycles. The van der Waals surface area contributed by atoms with Crippen LogP contribution in [0.3, 0.4) is 0 Å². The Morgan fingerprint density at radius 3 is 2.80 bits per heavy atom. The van der Waals surface area contributed by atoms with Crippen LogP contribution in [0.5, 0.6) is 0 Å². The van der Waals surface area contributed by atoms with Gasteiger partial charge in [0.1, 0.15) is 5.82 Å². The minimum Gasteiger partial charge on any atom is -0.330 e. The molecule has 1 nitrogen and oxygen atoms in total. The van der Waals surface area contributed by atoms with Crippen LogP contribution in [-0.2, 0) is 0 Å². The van der Waals surface area contributed by atoms with E-state index in [1.807, 2.05) is 12.1 Å². The van der Waals surface area contributed by atoms with E-state index in [0.717, 1.165) is 31.4 Å². The molecule has 2 N–H and O–H groups in total. The van der Waals surface area contributed by atoms with Crippen molar-refractivity contribution in [2.45, 2.75) is 31.6 Å². The van der Waals surface area contributed by atoms with Crippen LogP contribution >= 0.6 is 0 Å². The van der Waals surface area contributed by atoms with Crippen molar-refractivity contribution in [3.8, 4) is 0 Å². The molecule has 0 aromatic heterocycles. The first-order valence-electron chi connectivity index (χ1n) is 5.75. The van der Waals surface area contributed by atoms with Crippen molar-refractivity contribution in [3.05, 3.63) is 35.6 Å². The number of rotatable bonds is 3. The minimum atomic E-state index is -0.0455. The first kappa shape index (κ1) is 10.6. The Bertz CT molecular complexity index is 324. The Morgan fingerprint density at radius 1 is 1.27 bits per heavy atom. The molecule has 0 saturated heterocycles. The summed E-state index contributed by atoms with van der Waals surface area (Å²) in [6, 6.07) is 7.16. The van der Waals surface area contributed by atoms with E-state index in [2.05, 4.69) is 0 Å². The molecule has 0 aliphatic heterocycles. The van der Waals surface area contributed by atoms with Gasteiger partial charge in [0.15, 0.2) is 0 Å². The number of nitrogens with two attached hydrogens (primary N) is 1. The average molecular weight is 207 g/mol. The third-order valence-corrected chi connectivity index (χ3v) is 3.46. The smallest absolute Gasteiger partial charge is 0.126 e. The number of hydrogen-bond acceptors (Lipinski definition) is 1. The van der Waals surface area contributed by atoms with E-state index >= 15 is 0 Å². The van der Waals surface area contributed by atoms with E-state index in [-0.39, 0.29) is 5.82 Å². The highest BCUT2D eigenvalue weighted by molar-refractivity contribution is 5.22. The molecule has 2 rings (SSSR count). The van der Waals surface area contributed by atoms with Gasteiger partial charge in [-0.1, -0.05) is 18.2 Å². The maximum absolute atomic E-state index is 13.5. The fraction of sp³-hybridized carbons (Fsp3) is 0.538. The topological polar surface area (TPSA) is 26.0 Å². The Kier molecular flexibility index (Phi) is 3.37. The van der Waals surface area contributed by atoms with Crippen LogP contribution in [-0.4, -0.2) is 6.54 Å². The lowest BCUT2D eigenvalue weighted by Gasteiger charge is -2.11. The second-order valence-electron chi connectivity index (χ2n) is 4.47. The zero-order chi connectivity index (χ0) is 10.7. The summed E-state index contributed by atoms with van der Waals surface area (Å²) in [6.45, 7) is 0.759. The van der Waals surface area contributed by atoms with Crippen LogP contribution in [0.25, 0.3) is 0 Å². The second kappa shape index (κ2) is 4.75. The zero-order valence-corrected chi connectivity index (χ0v) is 8.95. The number of benzene rings is 1. The molecule has 1 aromatic rings. The maximum Gasteiger partial charge on any atom is 0.126 e. The Morgan fingerprint density at radius 2 is 2.07 bits per heavy atom. The third-order valence-electron chi connectivity index (χ3n) is 3.46. The van der Waals surface area contributed by atoms with Gasteiger partial charge in [0.05, 0.1) is 0 Å². The molecule has 15 heavy (non-hydrogen) atoms. The van der Waals surface area contributed by atoms with Crippen LogP contribution in [0.2, 0.25) is 0 Å². The largest absolute Gasteiger partial charge is 0.330 e. The average Bonchev–Trinajstić information content (AvgIpc) is 2.68. The monoisotopic (exact) mass is 207 g/mol. The third kappa shape index (κ3) is 2.37. The normalized spacial score (nSPS) is 25.7. The quantitative estimate of drug-likeness (QED) is 0.810. The van der Waals surface area contributed by atoms with Gasteiger partial charge >= 0.3 is 0 Å². The van der Waals surface area contributed by atoms with Gasteiger partial charge in [0.2, 0.25) is 0 Å². The van der Waals surface area contributed by atoms with E-state index in [1.54, 1.807) is 12.1 Å². The van der Waals surface area contributed by atoms with Crippen LogP contribution < -0.4 is 5.73 Å². The van der Waals surface area contributed by atoms with Crippen molar-refractivity contribution in [2.75, 3.05) is 6.54 Å². The van der Waals surface area contributed by atoms with Gasteiger partial charge in [-0.2, -0.15) is 0 Å². The maximum atomic E-state index is 13.5. The Hall–Kier alpha value is -0.890. The Balaban J connectivity index is 2.04. The van der Waals surface area contributed by atoms with Crippen molar-refractivity contribution >= 4 is 0 Å². The van der Waals surface area contributed by atoms with E-state index in [1.165, 1.54) is 6.42 Å². The molecule has 2 unspecified atom stereocenters. The molecule has 0 spiro atoms. The van der Waals surface area contributed by atoms with Crippen LogP contribution in [0, 0.1) is 11.7 Å². The lowest BCUT2D eigenvalue weighted by molar-refractivity contribution is 0.498. The highest BCUT2D eigenvalue weighted by atomic mass is 19.1. The molecule has 0 radical (unpaired) electrons. The fourth-order valence-corrected chi connectivity index (χ4v) is 2.66. The summed E-state index contributed by atoms with van der Waals surface area (Å²) >= 11 is 0. The van der Waals surface area contributed by atoms with E-state index in [9.17, 15) is 4.39 Å². The summed E-state index contributed by atoms with van der Waals surface area (Å²) in [5, 5.41) is 0. The minimum absolute atomic E-state index is 0.0455. The molecule has 2 atom stereocenters. The van der Waals surface area contributed by atoms with Crippen LogP contribution in [0.1, 0.15) is 37.2 Å².